The van der Waals surface area contributed by atoms with Gasteiger partial charge in [-0.2, -0.15) is 0 Å². The second-order valence-corrected chi connectivity index (χ2v) is 13.1. The molecule has 5 aromatic rings. The largest absolute Gasteiger partial charge is 0.497 e. The lowest BCUT2D eigenvalue weighted by atomic mass is 9.97. The van der Waals surface area contributed by atoms with Gasteiger partial charge in [-0.3, -0.25) is 9.59 Å². The zero-order valence-electron chi connectivity index (χ0n) is 26.6. The van der Waals surface area contributed by atoms with Gasteiger partial charge in [-0.25, -0.2) is 15.0 Å². The molecule has 46 heavy (non-hydrogen) atoms. The van der Waals surface area contributed by atoms with Crippen molar-refractivity contribution >= 4 is 40.6 Å². The number of hydrogen-bond donors (Lipinski definition) is 1. The van der Waals surface area contributed by atoms with Crippen molar-refractivity contribution < 1.29 is 14.3 Å². The van der Waals surface area contributed by atoms with Crippen LogP contribution in [-0.2, 0) is 16.1 Å². The molecule has 0 aliphatic heterocycles. The molecule has 0 unspecified atom stereocenters. The van der Waals surface area contributed by atoms with Gasteiger partial charge in [-0.1, -0.05) is 80.2 Å². The van der Waals surface area contributed by atoms with E-state index in [0.29, 0.717) is 28.1 Å². The van der Waals surface area contributed by atoms with Crippen LogP contribution in [0.4, 0.5) is 5.69 Å². The quantitative estimate of drug-likeness (QED) is 0.108. The third-order valence-electron chi connectivity index (χ3n) is 7.37. The molecule has 0 aliphatic rings. The molecule has 2 aromatic heterocycles. The molecule has 3 aromatic carbocycles. The molecule has 5 rings (SSSR count). The van der Waals surface area contributed by atoms with Crippen LogP contribution in [0.1, 0.15) is 53.3 Å². The van der Waals surface area contributed by atoms with E-state index in [4.69, 9.17) is 9.72 Å². The number of carbonyl (C=O) groups excluding carboxylic acids is 2. The number of hydrogen-bond acceptors (Lipinski definition) is 8. The Hall–Kier alpha value is -4.54. The fraction of sp³-hybridized carbons (Fsp3) is 0.250. The summed E-state index contributed by atoms with van der Waals surface area (Å²) < 4.78 is 5.29. The number of benzene rings is 3. The maximum atomic E-state index is 14.2. The van der Waals surface area contributed by atoms with Gasteiger partial charge in [0.15, 0.2) is 5.16 Å². The third-order valence-corrected chi connectivity index (χ3v) is 9.04. The van der Waals surface area contributed by atoms with Gasteiger partial charge in [0.1, 0.15) is 16.8 Å². The minimum absolute atomic E-state index is 0.0518. The maximum absolute atomic E-state index is 14.2. The number of aromatic nitrogens is 3. The van der Waals surface area contributed by atoms with Crippen LogP contribution in [0.2, 0.25) is 0 Å². The second-order valence-electron chi connectivity index (χ2n) is 11.2. The van der Waals surface area contributed by atoms with Crippen molar-refractivity contribution in [3.63, 3.8) is 0 Å². The zero-order chi connectivity index (χ0) is 32.6. The maximum Gasteiger partial charge on any atom is 0.251 e. The van der Waals surface area contributed by atoms with E-state index in [-0.39, 0.29) is 24.1 Å². The molecule has 236 valence electrons. The smallest absolute Gasteiger partial charge is 0.251 e. The molecule has 1 N–H and O–H groups in total. The molecule has 0 bridgehead atoms. The molecule has 10 heteroatoms. The van der Waals surface area contributed by atoms with E-state index in [9.17, 15) is 9.59 Å². The van der Waals surface area contributed by atoms with E-state index in [2.05, 4.69) is 29.1 Å². The van der Waals surface area contributed by atoms with Crippen LogP contribution >= 0.6 is 23.1 Å². The number of nitrogens with one attached hydrogen (secondary N) is 1. The molecule has 0 spiro atoms. The molecule has 2 amide bonds. The monoisotopic (exact) mass is 651 g/mol. The fourth-order valence-electron chi connectivity index (χ4n) is 4.98. The normalized spacial score (nSPS) is 11.7. The highest BCUT2D eigenvalue weighted by Crippen LogP contribution is 2.31. The fourth-order valence-corrected chi connectivity index (χ4v) is 6.62. The molecular weight excluding hydrogens is 615 g/mol. The Labute approximate surface area is 278 Å². The average molecular weight is 652 g/mol. The first-order chi connectivity index (χ1) is 22.2. The Morgan fingerprint density at radius 3 is 2.17 bits per heavy atom. The predicted octanol–water partition coefficient (Wildman–Crippen LogP) is 7.85. The number of aryl methyl sites for hydroxylation is 2. The lowest BCUT2D eigenvalue weighted by molar-refractivity contribution is -0.137. The number of ether oxygens (including phenoxy) is 1. The average Bonchev–Trinajstić information content (AvgIpc) is 3.52. The van der Waals surface area contributed by atoms with Crippen LogP contribution in [0.3, 0.4) is 0 Å². The number of anilines is 1. The first-order valence-electron chi connectivity index (χ1n) is 15.0. The molecule has 0 fully saturated rings. The number of amides is 2. The van der Waals surface area contributed by atoms with E-state index in [0.717, 1.165) is 33.2 Å². The van der Waals surface area contributed by atoms with Crippen LogP contribution in [0, 0.1) is 13.8 Å². The van der Waals surface area contributed by atoms with Crippen molar-refractivity contribution in [2.24, 2.45) is 0 Å². The number of rotatable bonds is 12. The van der Waals surface area contributed by atoms with Gasteiger partial charge in [0.2, 0.25) is 5.91 Å². The SMILES string of the molecule is COc1ccc(NC(=O)[C@H](c2ccc(C(C)C)cc2)N(Cc2nc(-c3ccccc3)cs2)C(=O)CSc2nc(C)cc(C)n2)cc1. The van der Waals surface area contributed by atoms with Crippen LogP contribution in [-0.4, -0.2) is 44.5 Å². The topological polar surface area (TPSA) is 97.3 Å². The van der Waals surface area contributed by atoms with Gasteiger partial charge >= 0.3 is 0 Å². The van der Waals surface area contributed by atoms with E-state index in [1.54, 1.807) is 36.3 Å². The number of methoxy groups -OCH3 is 1. The van der Waals surface area contributed by atoms with Crippen LogP contribution in [0.25, 0.3) is 11.3 Å². The first-order valence-corrected chi connectivity index (χ1v) is 16.9. The zero-order valence-corrected chi connectivity index (χ0v) is 28.2. The van der Waals surface area contributed by atoms with Crippen molar-refractivity contribution in [2.45, 2.75) is 51.4 Å². The van der Waals surface area contributed by atoms with Crippen LogP contribution < -0.4 is 10.1 Å². The van der Waals surface area contributed by atoms with E-state index < -0.39 is 6.04 Å². The third kappa shape index (κ3) is 8.38. The summed E-state index contributed by atoms with van der Waals surface area (Å²) in [6.45, 7) is 8.20. The van der Waals surface area contributed by atoms with Crippen molar-refractivity contribution in [1.29, 1.82) is 0 Å². The van der Waals surface area contributed by atoms with Crippen molar-refractivity contribution in [3.8, 4) is 17.0 Å². The Bertz CT molecular complexity index is 1750. The lowest BCUT2D eigenvalue weighted by Gasteiger charge is -2.31. The highest BCUT2D eigenvalue weighted by atomic mass is 32.2. The van der Waals surface area contributed by atoms with Gasteiger partial charge in [0.25, 0.3) is 5.91 Å². The highest BCUT2D eigenvalue weighted by molar-refractivity contribution is 7.99. The summed E-state index contributed by atoms with van der Waals surface area (Å²) in [6.07, 6.45) is 0. The van der Waals surface area contributed by atoms with Gasteiger partial charge in [0, 0.05) is 28.0 Å². The minimum atomic E-state index is -0.930. The summed E-state index contributed by atoms with van der Waals surface area (Å²) in [7, 11) is 1.59. The van der Waals surface area contributed by atoms with Crippen LogP contribution in [0.5, 0.6) is 5.75 Å². The molecule has 8 nitrogen and oxygen atoms in total. The Morgan fingerprint density at radius 2 is 1.54 bits per heavy atom. The number of carbonyl (C=O) groups is 2. The molecule has 0 saturated heterocycles. The summed E-state index contributed by atoms with van der Waals surface area (Å²) in [6, 6.07) is 25.9. The van der Waals surface area contributed by atoms with Crippen LogP contribution in [0.15, 0.2) is 95.5 Å². The minimum Gasteiger partial charge on any atom is -0.497 e. The molecule has 0 aliphatic carbocycles. The Balaban J connectivity index is 1.51. The predicted molar refractivity (Wildman–Crippen MR) is 185 cm³/mol. The summed E-state index contributed by atoms with van der Waals surface area (Å²) >= 11 is 2.73. The van der Waals surface area contributed by atoms with Gasteiger partial charge in [0.05, 0.1) is 25.1 Å². The number of thiazole rings is 1. The summed E-state index contributed by atoms with van der Waals surface area (Å²) in [5, 5.41) is 6.26. The first kappa shape index (κ1) is 32.8. The standard InChI is InChI=1S/C36H37N5O3S2/c1-23(2)26-11-13-28(14-12-26)34(35(43)39-29-15-17-30(44-5)18-16-29)41(33(42)22-46-36-37-24(3)19-25(4)38-36)20-32-40-31(21-45-32)27-9-7-6-8-10-27/h6-19,21,23,34H,20,22H2,1-5H3,(H,39,43)/t34-/m0/s1. The van der Waals surface area contributed by atoms with Crippen molar-refractivity contribution in [1.82, 2.24) is 19.9 Å². The number of nitrogens with zero attached hydrogens (tertiary/aromatic N) is 4. The second kappa shape index (κ2) is 15.2. The molecule has 2 heterocycles. The Kier molecular flexibility index (Phi) is 10.8. The summed E-state index contributed by atoms with van der Waals surface area (Å²) in [5.74, 6) is 0.491. The van der Waals surface area contributed by atoms with E-state index >= 15 is 0 Å². The van der Waals surface area contributed by atoms with Crippen molar-refractivity contribution in [3.05, 3.63) is 118 Å². The molecular formula is C36H37N5O3S2. The van der Waals surface area contributed by atoms with Gasteiger partial charge < -0.3 is 15.0 Å². The Morgan fingerprint density at radius 1 is 0.891 bits per heavy atom. The van der Waals surface area contributed by atoms with Gasteiger partial charge in [-0.15, -0.1) is 11.3 Å². The highest BCUT2D eigenvalue weighted by Gasteiger charge is 2.33. The summed E-state index contributed by atoms with van der Waals surface area (Å²) in [5.41, 5.74) is 5.92. The van der Waals surface area contributed by atoms with Crippen molar-refractivity contribution in [2.75, 3.05) is 18.2 Å². The molecule has 0 radical (unpaired) electrons. The van der Waals surface area contributed by atoms with Gasteiger partial charge in [-0.05, 0) is 61.2 Å². The van der Waals surface area contributed by atoms with E-state index in [1.807, 2.05) is 79.9 Å². The van der Waals surface area contributed by atoms with E-state index in [1.165, 1.54) is 23.1 Å². The lowest BCUT2D eigenvalue weighted by Crippen LogP contribution is -2.41. The molecule has 0 saturated carbocycles. The number of thioether (sulfide) groups is 1. The summed E-state index contributed by atoms with van der Waals surface area (Å²) in [4.78, 5) is 43.9. The molecule has 1 atom stereocenters.